The molecule has 1 fully saturated rings. The average Bonchev–Trinajstić information content (AvgIpc) is 3.43. The maximum absolute atomic E-state index is 12.5. The van der Waals surface area contributed by atoms with Crippen LogP contribution in [0.3, 0.4) is 0 Å². The third-order valence-electron chi connectivity index (χ3n) is 5.14. The van der Waals surface area contributed by atoms with Crippen LogP contribution in [0.25, 0.3) is 0 Å². The van der Waals surface area contributed by atoms with Gasteiger partial charge >= 0.3 is 0 Å². The van der Waals surface area contributed by atoms with E-state index in [2.05, 4.69) is 20.5 Å². The van der Waals surface area contributed by atoms with Gasteiger partial charge in [0, 0.05) is 35.6 Å². The lowest BCUT2D eigenvalue weighted by atomic mass is 10.1. The topological polar surface area (TPSA) is 90.9 Å². The summed E-state index contributed by atoms with van der Waals surface area (Å²) in [6.45, 7) is 2.30. The largest absolute Gasteiger partial charge is 0.351 e. The first-order valence-corrected chi connectivity index (χ1v) is 12.1. The van der Waals surface area contributed by atoms with Crippen molar-refractivity contribution in [2.24, 2.45) is 4.99 Å². The highest BCUT2D eigenvalue weighted by Crippen LogP contribution is 2.29. The molecule has 0 aliphatic carbocycles. The molecule has 31 heavy (non-hydrogen) atoms. The van der Waals surface area contributed by atoms with Gasteiger partial charge in [-0.05, 0) is 48.9 Å². The molecule has 1 aromatic heterocycles. The van der Waals surface area contributed by atoms with Crippen LogP contribution >= 0.6 is 23.1 Å². The van der Waals surface area contributed by atoms with E-state index >= 15 is 0 Å². The molecule has 4 rings (SSSR count). The number of amides is 3. The van der Waals surface area contributed by atoms with Crippen LogP contribution in [0.2, 0.25) is 0 Å². The van der Waals surface area contributed by atoms with Crippen LogP contribution in [0.1, 0.15) is 40.9 Å². The fourth-order valence-corrected chi connectivity index (χ4v) is 5.29. The molecule has 0 radical (unpaired) electrons. The predicted octanol–water partition coefficient (Wildman–Crippen LogP) is 3.49. The highest BCUT2D eigenvalue weighted by Gasteiger charge is 2.33. The number of thioether (sulfide) groups is 1. The normalized spacial score (nSPS) is 18.6. The lowest BCUT2D eigenvalue weighted by Crippen LogP contribution is -2.33. The first kappa shape index (κ1) is 21.6. The molecule has 2 aliphatic heterocycles. The third-order valence-corrected chi connectivity index (χ3v) is 7.23. The van der Waals surface area contributed by atoms with Crippen molar-refractivity contribution in [3.05, 3.63) is 52.2 Å². The molecule has 2 N–H and O–H groups in total. The zero-order chi connectivity index (χ0) is 21.6. The average molecular weight is 457 g/mol. The number of anilines is 1. The van der Waals surface area contributed by atoms with E-state index < -0.39 is 5.25 Å². The van der Waals surface area contributed by atoms with Crippen LogP contribution in [-0.2, 0) is 16.1 Å². The van der Waals surface area contributed by atoms with E-state index in [1.54, 1.807) is 35.6 Å². The van der Waals surface area contributed by atoms with Gasteiger partial charge < -0.3 is 15.5 Å². The van der Waals surface area contributed by atoms with Crippen molar-refractivity contribution < 1.29 is 14.4 Å². The van der Waals surface area contributed by atoms with Crippen molar-refractivity contribution in [1.82, 2.24) is 10.2 Å². The summed E-state index contributed by atoms with van der Waals surface area (Å²) in [4.78, 5) is 44.6. The molecule has 1 aromatic carbocycles. The molecule has 0 saturated carbocycles. The Labute approximate surface area is 189 Å². The van der Waals surface area contributed by atoms with Crippen LogP contribution < -0.4 is 10.6 Å². The molecule has 0 bridgehead atoms. The summed E-state index contributed by atoms with van der Waals surface area (Å²) in [7, 11) is 0. The molecule has 3 amide bonds. The third kappa shape index (κ3) is 5.74. The minimum atomic E-state index is -0.491. The molecule has 7 nitrogen and oxygen atoms in total. The Hall–Kier alpha value is -2.65. The van der Waals surface area contributed by atoms with Crippen LogP contribution in [-0.4, -0.2) is 46.1 Å². The van der Waals surface area contributed by atoms with Gasteiger partial charge in [0.15, 0.2) is 5.17 Å². The molecule has 162 valence electrons. The molecule has 2 aromatic rings. The summed E-state index contributed by atoms with van der Waals surface area (Å²) in [5, 5.41) is 7.89. The smallest absolute Gasteiger partial charge is 0.262 e. The number of carbonyl (C=O) groups is 3. The van der Waals surface area contributed by atoms with Crippen molar-refractivity contribution in [2.45, 2.75) is 37.5 Å². The zero-order valence-electron chi connectivity index (χ0n) is 17.0. The number of piperidine rings is 1. The van der Waals surface area contributed by atoms with E-state index in [1.807, 2.05) is 17.5 Å². The predicted molar refractivity (Wildman–Crippen MR) is 124 cm³/mol. The number of carbonyl (C=O) groups excluding carboxylic acids is 3. The Morgan fingerprint density at radius 3 is 2.74 bits per heavy atom. The second-order valence-electron chi connectivity index (χ2n) is 7.48. The SMILES string of the molecule is O=C(C[C@H]1SC(N2CCCCC2)=NC1=O)Nc1cccc(C(=O)NCc2cccs2)c1. The van der Waals surface area contributed by atoms with Gasteiger partial charge in [0.05, 0.1) is 6.54 Å². The molecule has 9 heteroatoms. The summed E-state index contributed by atoms with van der Waals surface area (Å²) >= 11 is 2.96. The number of benzene rings is 1. The maximum atomic E-state index is 12.5. The van der Waals surface area contributed by atoms with Gasteiger partial charge in [0.2, 0.25) is 5.91 Å². The molecule has 1 atom stereocenters. The number of thiophene rings is 1. The Morgan fingerprint density at radius 2 is 1.97 bits per heavy atom. The molecular formula is C22H24N4O3S2. The Bertz CT molecular complexity index is 984. The monoisotopic (exact) mass is 456 g/mol. The van der Waals surface area contributed by atoms with Gasteiger partial charge in [0.1, 0.15) is 5.25 Å². The number of hydrogen-bond donors (Lipinski definition) is 2. The number of hydrogen-bond acceptors (Lipinski definition) is 6. The van der Waals surface area contributed by atoms with E-state index in [4.69, 9.17) is 0 Å². The second kappa shape index (κ2) is 10.1. The highest BCUT2D eigenvalue weighted by molar-refractivity contribution is 8.15. The molecule has 0 unspecified atom stereocenters. The highest BCUT2D eigenvalue weighted by atomic mass is 32.2. The lowest BCUT2D eigenvalue weighted by molar-refractivity contribution is -0.121. The van der Waals surface area contributed by atoms with Crippen molar-refractivity contribution in [3.8, 4) is 0 Å². The zero-order valence-corrected chi connectivity index (χ0v) is 18.6. The summed E-state index contributed by atoms with van der Waals surface area (Å²) < 4.78 is 0. The van der Waals surface area contributed by atoms with E-state index in [0.717, 1.165) is 36.0 Å². The minimum Gasteiger partial charge on any atom is -0.351 e. The van der Waals surface area contributed by atoms with Crippen molar-refractivity contribution in [2.75, 3.05) is 18.4 Å². The molecule has 2 aliphatic rings. The van der Waals surface area contributed by atoms with Crippen molar-refractivity contribution in [1.29, 1.82) is 0 Å². The Balaban J connectivity index is 1.29. The standard InChI is InChI=1S/C22H24N4O3S2/c27-19(13-18-21(29)25-22(31-18)26-9-2-1-3-10-26)24-16-7-4-6-15(12-16)20(28)23-14-17-8-5-11-30-17/h4-8,11-12,18H,1-3,9-10,13-14H2,(H,23,28)(H,24,27)/t18-/m1/s1. The fourth-order valence-electron chi connectivity index (χ4n) is 3.53. The molecule has 0 spiro atoms. The van der Waals surface area contributed by atoms with Crippen LogP contribution in [0.5, 0.6) is 0 Å². The number of aliphatic imine (C=N–C) groups is 1. The molecule has 1 saturated heterocycles. The lowest BCUT2D eigenvalue weighted by Gasteiger charge is -2.27. The van der Waals surface area contributed by atoms with Gasteiger partial charge in [-0.3, -0.25) is 14.4 Å². The maximum Gasteiger partial charge on any atom is 0.262 e. The minimum absolute atomic E-state index is 0.0547. The molecule has 3 heterocycles. The number of nitrogens with zero attached hydrogens (tertiary/aromatic N) is 2. The first-order chi connectivity index (χ1) is 15.1. The van der Waals surface area contributed by atoms with Gasteiger partial charge in [-0.15, -0.1) is 11.3 Å². The first-order valence-electron chi connectivity index (χ1n) is 10.3. The van der Waals surface area contributed by atoms with Crippen LogP contribution in [0.4, 0.5) is 5.69 Å². The van der Waals surface area contributed by atoms with E-state index in [9.17, 15) is 14.4 Å². The summed E-state index contributed by atoms with van der Waals surface area (Å²) in [5.74, 6) is -0.717. The quantitative estimate of drug-likeness (QED) is 0.694. The van der Waals surface area contributed by atoms with Gasteiger partial charge in [-0.2, -0.15) is 4.99 Å². The Morgan fingerprint density at radius 1 is 1.13 bits per heavy atom. The van der Waals surface area contributed by atoms with Crippen molar-refractivity contribution in [3.63, 3.8) is 0 Å². The second-order valence-corrected chi connectivity index (χ2v) is 9.68. The van der Waals surface area contributed by atoms with Crippen LogP contribution in [0, 0.1) is 0 Å². The summed E-state index contributed by atoms with van der Waals surface area (Å²) in [5.41, 5.74) is 0.998. The number of amidine groups is 1. The number of rotatable bonds is 6. The number of nitrogens with one attached hydrogen (secondary N) is 2. The van der Waals surface area contributed by atoms with Crippen LogP contribution in [0.15, 0.2) is 46.8 Å². The fraction of sp³-hybridized carbons (Fsp3) is 0.364. The van der Waals surface area contributed by atoms with Gasteiger partial charge in [-0.1, -0.05) is 23.9 Å². The summed E-state index contributed by atoms with van der Waals surface area (Å²) in [6.07, 6.45) is 3.48. The van der Waals surface area contributed by atoms with E-state index in [0.29, 0.717) is 17.8 Å². The molecular weight excluding hydrogens is 432 g/mol. The van der Waals surface area contributed by atoms with E-state index in [-0.39, 0.29) is 24.1 Å². The Kier molecular flexibility index (Phi) is 7.03. The van der Waals surface area contributed by atoms with E-state index in [1.165, 1.54) is 18.2 Å². The summed E-state index contributed by atoms with van der Waals surface area (Å²) in [6, 6.07) is 10.7. The van der Waals surface area contributed by atoms with Gasteiger partial charge in [-0.25, -0.2) is 0 Å². The van der Waals surface area contributed by atoms with Crippen molar-refractivity contribution >= 4 is 51.7 Å². The number of likely N-dealkylation sites (tertiary alicyclic amines) is 1. The van der Waals surface area contributed by atoms with Gasteiger partial charge in [0.25, 0.3) is 11.8 Å².